The average Bonchev–Trinajstić information content (AvgIpc) is 3.60. The number of aryl methyl sites for hydroxylation is 3. The molecule has 1 aliphatic carbocycles. The number of ether oxygens (including phenoxy) is 1. The minimum absolute atomic E-state index is 0.0183. The van der Waals surface area contributed by atoms with Crippen molar-refractivity contribution in [3.05, 3.63) is 64.5 Å². The minimum Gasteiger partial charge on any atom is -0.372 e. The number of benzene rings is 1. The summed E-state index contributed by atoms with van der Waals surface area (Å²) < 4.78 is 36.5. The van der Waals surface area contributed by atoms with Gasteiger partial charge in [0.05, 0.1) is 17.1 Å². The number of rotatable bonds is 4. The van der Waals surface area contributed by atoms with Gasteiger partial charge in [0.2, 0.25) is 0 Å². The van der Waals surface area contributed by atoms with Crippen LogP contribution in [0, 0.1) is 25.5 Å². The molecule has 1 aliphatic heterocycles. The average molecular weight is 477 g/mol. The zero-order valence-corrected chi connectivity index (χ0v) is 19.9. The molecular weight excluding hydrogens is 450 g/mol. The quantitative estimate of drug-likeness (QED) is 0.401. The number of halogens is 2. The van der Waals surface area contributed by atoms with E-state index in [1.165, 1.54) is 30.7 Å². The third kappa shape index (κ3) is 4.07. The van der Waals surface area contributed by atoms with Crippen LogP contribution < -0.4 is 0 Å². The van der Waals surface area contributed by atoms with E-state index < -0.39 is 11.6 Å². The Labute approximate surface area is 201 Å². The lowest BCUT2D eigenvalue weighted by Crippen LogP contribution is -2.21. The van der Waals surface area contributed by atoms with Crippen LogP contribution in [0.25, 0.3) is 22.4 Å². The smallest absolute Gasteiger partial charge is 0.182 e. The Kier molecular flexibility index (Phi) is 5.32. The van der Waals surface area contributed by atoms with Gasteiger partial charge in [-0.2, -0.15) is 5.10 Å². The summed E-state index contributed by atoms with van der Waals surface area (Å²) in [5.41, 5.74) is 4.97. The Morgan fingerprint density at radius 2 is 1.74 bits per heavy atom. The van der Waals surface area contributed by atoms with Gasteiger partial charge in [-0.25, -0.2) is 28.7 Å². The summed E-state index contributed by atoms with van der Waals surface area (Å²) in [6.07, 6.45) is 3.65. The highest BCUT2D eigenvalue weighted by molar-refractivity contribution is 5.87. The SMILES string of the molecule is Cc1nc2nc(C3CCOC(c4cc(C5CC5)n(C)n4)C3)nc(-c3ccc(F)cc3F)c2nc1C. The van der Waals surface area contributed by atoms with Gasteiger partial charge in [0.15, 0.2) is 5.65 Å². The number of nitrogens with zero attached hydrogens (tertiary/aromatic N) is 6. The van der Waals surface area contributed by atoms with E-state index >= 15 is 0 Å². The molecule has 3 aromatic heterocycles. The van der Waals surface area contributed by atoms with Crippen molar-refractivity contribution in [1.82, 2.24) is 29.7 Å². The van der Waals surface area contributed by atoms with E-state index in [1.54, 1.807) is 0 Å². The zero-order chi connectivity index (χ0) is 24.3. The predicted octanol–water partition coefficient (Wildman–Crippen LogP) is 5.23. The van der Waals surface area contributed by atoms with Crippen LogP contribution in [-0.2, 0) is 11.8 Å². The van der Waals surface area contributed by atoms with Gasteiger partial charge in [-0.1, -0.05) is 0 Å². The van der Waals surface area contributed by atoms with Crippen molar-refractivity contribution >= 4 is 11.2 Å². The fourth-order valence-electron chi connectivity index (χ4n) is 4.84. The first-order valence-corrected chi connectivity index (χ1v) is 12.0. The van der Waals surface area contributed by atoms with Crippen molar-refractivity contribution < 1.29 is 13.5 Å². The van der Waals surface area contributed by atoms with Gasteiger partial charge in [-0.05, 0) is 57.7 Å². The Balaban J connectivity index is 1.41. The maximum atomic E-state index is 14.8. The predicted molar refractivity (Wildman–Crippen MR) is 126 cm³/mol. The number of aromatic nitrogens is 6. The van der Waals surface area contributed by atoms with Gasteiger partial charge in [0.1, 0.15) is 34.8 Å². The second kappa shape index (κ2) is 8.41. The Morgan fingerprint density at radius 3 is 2.51 bits per heavy atom. The molecule has 2 unspecified atom stereocenters. The normalized spacial score (nSPS) is 20.5. The molecule has 2 atom stereocenters. The summed E-state index contributed by atoms with van der Waals surface area (Å²) >= 11 is 0. The summed E-state index contributed by atoms with van der Waals surface area (Å²) in [5, 5.41) is 4.72. The molecule has 6 rings (SSSR count). The molecule has 0 N–H and O–H groups in total. The summed E-state index contributed by atoms with van der Waals surface area (Å²) in [6.45, 7) is 4.25. The van der Waals surface area contributed by atoms with Crippen molar-refractivity contribution in [3.8, 4) is 11.3 Å². The third-order valence-electron chi connectivity index (χ3n) is 7.06. The molecule has 2 fully saturated rings. The van der Waals surface area contributed by atoms with E-state index in [-0.39, 0.29) is 17.6 Å². The molecule has 35 heavy (non-hydrogen) atoms. The molecule has 0 spiro atoms. The largest absolute Gasteiger partial charge is 0.372 e. The van der Waals surface area contributed by atoms with Crippen LogP contribution in [0.5, 0.6) is 0 Å². The molecule has 1 saturated carbocycles. The van der Waals surface area contributed by atoms with Crippen LogP contribution in [0.1, 0.15) is 72.2 Å². The summed E-state index contributed by atoms with van der Waals surface area (Å²) in [4.78, 5) is 18.8. The zero-order valence-electron chi connectivity index (χ0n) is 19.9. The summed E-state index contributed by atoms with van der Waals surface area (Å²) in [5.74, 6) is -0.184. The molecule has 7 nitrogen and oxygen atoms in total. The molecule has 180 valence electrons. The van der Waals surface area contributed by atoms with Crippen molar-refractivity contribution in [3.63, 3.8) is 0 Å². The second-order valence-corrected chi connectivity index (χ2v) is 9.59. The molecular formula is C26H26F2N6O. The van der Waals surface area contributed by atoms with Crippen LogP contribution >= 0.6 is 0 Å². The van der Waals surface area contributed by atoms with Gasteiger partial charge >= 0.3 is 0 Å². The van der Waals surface area contributed by atoms with E-state index in [9.17, 15) is 8.78 Å². The first kappa shape index (κ1) is 22.2. The van der Waals surface area contributed by atoms with Gasteiger partial charge in [-0.3, -0.25) is 4.68 Å². The van der Waals surface area contributed by atoms with Crippen LogP contribution in [0.15, 0.2) is 24.3 Å². The second-order valence-electron chi connectivity index (χ2n) is 9.59. The van der Waals surface area contributed by atoms with Crippen molar-refractivity contribution in [1.29, 1.82) is 0 Å². The first-order valence-electron chi connectivity index (χ1n) is 12.0. The number of hydrogen-bond acceptors (Lipinski definition) is 6. The van der Waals surface area contributed by atoms with E-state index in [2.05, 4.69) is 16.0 Å². The Morgan fingerprint density at radius 1 is 0.943 bits per heavy atom. The minimum atomic E-state index is -0.693. The molecule has 1 aromatic carbocycles. The highest BCUT2D eigenvalue weighted by atomic mass is 19.1. The van der Waals surface area contributed by atoms with Gasteiger partial charge in [0, 0.05) is 42.8 Å². The van der Waals surface area contributed by atoms with Crippen molar-refractivity contribution in [2.24, 2.45) is 7.05 Å². The Hall–Kier alpha value is -3.33. The van der Waals surface area contributed by atoms with Crippen LogP contribution in [0.2, 0.25) is 0 Å². The molecule has 4 aromatic rings. The van der Waals surface area contributed by atoms with Gasteiger partial charge in [0.25, 0.3) is 0 Å². The number of fused-ring (bicyclic) bond motifs is 1. The third-order valence-corrected chi connectivity index (χ3v) is 7.06. The molecule has 1 saturated heterocycles. The van der Waals surface area contributed by atoms with E-state index in [0.717, 1.165) is 23.9 Å². The lowest BCUT2D eigenvalue weighted by atomic mass is 9.92. The molecule has 0 radical (unpaired) electrons. The molecule has 4 heterocycles. The monoisotopic (exact) mass is 476 g/mol. The highest BCUT2D eigenvalue weighted by Gasteiger charge is 2.33. The lowest BCUT2D eigenvalue weighted by molar-refractivity contribution is 0.00120. The fourth-order valence-corrected chi connectivity index (χ4v) is 4.84. The molecule has 0 amide bonds. The lowest BCUT2D eigenvalue weighted by Gasteiger charge is -2.28. The van der Waals surface area contributed by atoms with Crippen molar-refractivity contribution in [2.75, 3.05) is 6.61 Å². The Bertz CT molecular complexity index is 1450. The molecule has 2 aliphatic rings. The van der Waals surface area contributed by atoms with Gasteiger partial charge < -0.3 is 4.74 Å². The highest BCUT2D eigenvalue weighted by Crippen LogP contribution is 2.42. The maximum Gasteiger partial charge on any atom is 0.182 e. The van der Waals surface area contributed by atoms with E-state index in [0.29, 0.717) is 47.3 Å². The topological polar surface area (TPSA) is 78.6 Å². The van der Waals surface area contributed by atoms with Crippen molar-refractivity contribution in [2.45, 2.75) is 57.5 Å². The molecule has 0 bridgehead atoms. The van der Waals surface area contributed by atoms with Crippen LogP contribution in [-0.4, -0.2) is 36.3 Å². The standard InChI is InChI=1S/C26H26F2N6O/c1-13-14(2)30-26-24(29-13)23(18-7-6-17(27)11-19(18)28)31-25(32-26)16-8-9-35-22(10-16)20-12-21(15-4-5-15)34(3)33-20/h6-7,11-12,15-16,22H,4-5,8-10H2,1-3H3. The number of hydrogen-bond donors (Lipinski definition) is 0. The van der Waals surface area contributed by atoms with E-state index in [4.69, 9.17) is 19.8 Å². The maximum absolute atomic E-state index is 14.8. The van der Waals surface area contributed by atoms with Gasteiger partial charge in [-0.15, -0.1) is 0 Å². The fraction of sp³-hybridized carbons (Fsp3) is 0.423. The van der Waals surface area contributed by atoms with E-state index in [1.807, 2.05) is 25.6 Å². The molecule has 9 heteroatoms. The van der Waals surface area contributed by atoms with Crippen LogP contribution in [0.4, 0.5) is 8.78 Å². The summed E-state index contributed by atoms with van der Waals surface area (Å²) in [6, 6.07) is 5.64. The summed E-state index contributed by atoms with van der Waals surface area (Å²) in [7, 11) is 1.98. The first-order chi connectivity index (χ1) is 16.9. The van der Waals surface area contributed by atoms with Crippen LogP contribution in [0.3, 0.4) is 0 Å².